The normalized spacial score (nSPS) is 9.21. The maximum atomic E-state index is 10.4. The van der Waals surface area contributed by atoms with Crippen LogP contribution in [-0.2, 0) is 11.2 Å². The van der Waals surface area contributed by atoms with E-state index in [4.69, 9.17) is 10.00 Å². The predicted molar refractivity (Wildman–Crippen MR) is 52.2 cm³/mol. The molecule has 1 rings (SSSR count). The number of nitriles is 1. The van der Waals surface area contributed by atoms with Crippen LogP contribution in [0, 0.1) is 18.3 Å². The van der Waals surface area contributed by atoms with Crippen molar-refractivity contribution in [2.75, 3.05) is 7.11 Å². The van der Waals surface area contributed by atoms with Gasteiger partial charge in [0.25, 0.3) is 0 Å². The molecule has 0 fully saturated rings. The van der Waals surface area contributed by atoms with Gasteiger partial charge in [-0.2, -0.15) is 5.26 Å². The van der Waals surface area contributed by atoms with E-state index in [1.807, 2.05) is 13.0 Å². The summed E-state index contributed by atoms with van der Waals surface area (Å²) in [7, 11) is 1.52. The molecule has 0 bridgehead atoms. The van der Waals surface area contributed by atoms with Crippen molar-refractivity contribution in [1.82, 2.24) is 0 Å². The van der Waals surface area contributed by atoms with Crippen molar-refractivity contribution in [3.05, 3.63) is 28.8 Å². The number of ether oxygens (including phenoxy) is 1. The number of hydrogen-bond acceptors (Lipinski definition) is 3. The first kappa shape index (κ1) is 10.3. The summed E-state index contributed by atoms with van der Waals surface area (Å²) in [5, 5.41) is 8.90. The minimum absolute atomic E-state index is 0.338. The van der Waals surface area contributed by atoms with Crippen LogP contribution in [0.3, 0.4) is 0 Å². The summed E-state index contributed by atoms with van der Waals surface area (Å²) in [6.07, 6.45) is 1.17. The van der Waals surface area contributed by atoms with Gasteiger partial charge in [0.1, 0.15) is 18.1 Å². The average molecular weight is 189 g/mol. The first-order valence-corrected chi connectivity index (χ1v) is 4.24. The molecule has 0 aliphatic heterocycles. The maximum Gasteiger partial charge on any atom is 0.136 e. The van der Waals surface area contributed by atoms with Crippen LogP contribution in [0.15, 0.2) is 12.1 Å². The van der Waals surface area contributed by atoms with Gasteiger partial charge in [-0.25, -0.2) is 0 Å². The summed E-state index contributed by atoms with van der Waals surface area (Å²) in [5.74, 6) is 0.555. The summed E-state index contributed by atoms with van der Waals surface area (Å²) >= 11 is 0. The molecular weight excluding hydrogens is 178 g/mol. The molecule has 1 aromatic carbocycles. The molecule has 0 spiro atoms. The monoisotopic (exact) mass is 189 g/mol. The number of methoxy groups -OCH3 is 1. The fourth-order valence-electron chi connectivity index (χ4n) is 1.35. The predicted octanol–water partition coefficient (Wildman–Crippen LogP) is 1.62. The Kier molecular flexibility index (Phi) is 3.24. The molecule has 14 heavy (non-hydrogen) atoms. The van der Waals surface area contributed by atoms with Crippen LogP contribution < -0.4 is 4.74 Å². The quantitative estimate of drug-likeness (QED) is 0.679. The highest BCUT2D eigenvalue weighted by Gasteiger charge is 2.09. The summed E-state index contributed by atoms with van der Waals surface area (Å²) in [4.78, 5) is 10.4. The van der Waals surface area contributed by atoms with E-state index in [0.717, 1.165) is 17.4 Å². The number of rotatable bonds is 3. The third-order valence-electron chi connectivity index (χ3n) is 2.17. The van der Waals surface area contributed by atoms with Crippen LogP contribution in [-0.4, -0.2) is 13.4 Å². The van der Waals surface area contributed by atoms with Crippen molar-refractivity contribution in [3.63, 3.8) is 0 Å². The fraction of sp³-hybridized carbons (Fsp3) is 0.273. The highest BCUT2D eigenvalue weighted by Crippen LogP contribution is 2.23. The van der Waals surface area contributed by atoms with E-state index in [0.29, 0.717) is 17.7 Å². The lowest BCUT2D eigenvalue weighted by atomic mass is 10.0. The number of carbonyl (C=O) groups excluding carboxylic acids is 1. The molecule has 0 heterocycles. The summed E-state index contributed by atoms with van der Waals surface area (Å²) in [5.41, 5.74) is 2.20. The minimum atomic E-state index is 0.338. The van der Waals surface area contributed by atoms with E-state index in [1.165, 1.54) is 7.11 Å². The maximum absolute atomic E-state index is 10.4. The second-order valence-electron chi connectivity index (χ2n) is 2.91. The summed E-state index contributed by atoms with van der Waals surface area (Å²) in [6.45, 7) is 1.82. The Morgan fingerprint density at radius 1 is 1.57 bits per heavy atom. The van der Waals surface area contributed by atoms with Crippen molar-refractivity contribution < 1.29 is 9.53 Å². The molecule has 0 saturated carbocycles. The van der Waals surface area contributed by atoms with E-state index in [2.05, 4.69) is 6.07 Å². The van der Waals surface area contributed by atoms with Gasteiger partial charge in [-0.05, 0) is 24.1 Å². The number of carbonyl (C=O) groups is 1. The zero-order valence-electron chi connectivity index (χ0n) is 8.20. The SMILES string of the molecule is COc1ccc(CC=O)c(C)c1C#N. The van der Waals surface area contributed by atoms with Crippen LogP contribution >= 0.6 is 0 Å². The molecule has 0 aliphatic rings. The number of nitrogens with zero attached hydrogens (tertiary/aromatic N) is 1. The molecule has 3 nitrogen and oxygen atoms in total. The van der Waals surface area contributed by atoms with Crippen LogP contribution in [0.2, 0.25) is 0 Å². The van der Waals surface area contributed by atoms with Crippen molar-refractivity contribution in [2.24, 2.45) is 0 Å². The largest absolute Gasteiger partial charge is 0.495 e. The van der Waals surface area contributed by atoms with E-state index in [9.17, 15) is 4.79 Å². The zero-order chi connectivity index (χ0) is 10.6. The standard InChI is InChI=1S/C11H11NO2/c1-8-9(5-6-13)3-4-11(14-2)10(8)7-12/h3-4,6H,5H2,1-2H3. The molecule has 0 aromatic heterocycles. The van der Waals surface area contributed by atoms with Gasteiger partial charge in [-0.1, -0.05) is 6.07 Å². The highest BCUT2D eigenvalue weighted by molar-refractivity contribution is 5.60. The molecular formula is C11H11NO2. The first-order chi connectivity index (χ1) is 6.74. The lowest BCUT2D eigenvalue weighted by molar-refractivity contribution is -0.107. The number of aldehydes is 1. The van der Waals surface area contributed by atoms with Crippen molar-refractivity contribution >= 4 is 6.29 Å². The van der Waals surface area contributed by atoms with Crippen molar-refractivity contribution in [1.29, 1.82) is 5.26 Å². The van der Waals surface area contributed by atoms with Gasteiger partial charge in [0, 0.05) is 6.42 Å². The van der Waals surface area contributed by atoms with Crippen LogP contribution in [0.1, 0.15) is 16.7 Å². The summed E-state index contributed by atoms with van der Waals surface area (Å²) in [6, 6.07) is 5.59. The second kappa shape index (κ2) is 4.43. The Labute approximate surface area is 82.9 Å². The number of benzene rings is 1. The smallest absolute Gasteiger partial charge is 0.136 e. The van der Waals surface area contributed by atoms with E-state index in [1.54, 1.807) is 6.07 Å². The lowest BCUT2D eigenvalue weighted by Crippen LogP contribution is -1.97. The molecule has 0 aliphatic carbocycles. The molecule has 72 valence electrons. The van der Waals surface area contributed by atoms with Gasteiger partial charge in [-0.15, -0.1) is 0 Å². The molecule has 0 amide bonds. The lowest BCUT2D eigenvalue weighted by Gasteiger charge is -2.08. The second-order valence-corrected chi connectivity index (χ2v) is 2.91. The molecule has 0 saturated heterocycles. The molecule has 0 atom stereocenters. The van der Waals surface area contributed by atoms with Gasteiger partial charge in [0.2, 0.25) is 0 Å². The topological polar surface area (TPSA) is 50.1 Å². The first-order valence-electron chi connectivity index (χ1n) is 4.24. The van der Waals surface area contributed by atoms with E-state index < -0.39 is 0 Å². The molecule has 0 unspecified atom stereocenters. The zero-order valence-corrected chi connectivity index (χ0v) is 8.20. The molecule has 0 radical (unpaired) electrons. The Morgan fingerprint density at radius 2 is 2.29 bits per heavy atom. The summed E-state index contributed by atoms with van der Waals surface area (Å²) < 4.78 is 5.04. The van der Waals surface area contributed by atoms with E-state index >= 15 is 0 Å². The van der Waals surface area contributed by atoms with Gasteiger partial charge in [0.05, 0.1) is 12.7 Å². The average Bonchev–Trinajstić information content (AvgIpc) is 2.21. The number of hydrogen-bond donors (Lipinski definition) is 0. The van der Waals surface area contributed by atoms with Gasteiger partial charge >= 0.3 is 0 Å². The van der Waals surface area contributed by atoms with E-state index in [-0.39, 0.29) is 0 Å². The third-order valence-corrected chi connectivity index (χ3v) is 2.17. The van der Waals surface area contributed by atoms with Crippen LogP contribution in [0.4, 0.5) is 0 Å². The van der Waals surface area contributed by atoms with Gasteiger partial charge in [0.15, 0.2) is 0 Å². The molecule has 3 heteroatoms. The van der Waals surface area contributed by atoms with Gasteiger partial charge in [-0.3, -0.25) is 0 Å². The minimum Gasteiger partial charge on any atom is -0.495 e. The molecule has 0 N–H and O–H groups in total. The third kappa shape index (κ3) is 1.74. The van der Waals surface area contributed by atoms with Crippen LogP contribution in [0.25, 0.3) is 0 Å². The van der Waals surface area contributed by atoms with Crippen molar-refractivity contribution in [3.8, 4) is 11.8 Å². The van der Waals surface area contributed by atoms with Crippen molar-refractivity contribution in [2.45, 2.75) is 13.3 Å². The Hall–Kier alpha value is -1.82. The Bertz CT molecular complexity index is 391. The Morgan fingerprint density at radius 3 is 2.79 bits per heavy atom. The highest BCUT2D eigenvalue weighted by atomic mass is 16.5. The fourth-order valence-corrected chi connectivity index (χ4v) is 1.35. The van der Waals surface area contributed by atoms with Gasteiger partial charge < -0.3 is 9.53 Å². The van der Waals surface area contributed by atoms with Crippen LogP contribution in [0.5, 0.6) is 5.75 Å². The Balaban J connectivity index is 3.28. The molecule has 1 aromatic rings.